The van der Waals surface area contributed by atoms with E-state index < -0.39 is 0 Å². The van der Waals surface area contributed by atoms with E-state index >= 15 is 0 Å². The molecule has 3 amide bonds. The number of amides is 3. The van der Waals surface area contributed by atoms with Crippen molar-refractivity contribution in [2.75, 3.05) is 18.4 Å². The zero-order valence-electron chi connectivity index (χ0n) is 17.0. The second-order valence-corrected chi connectivity index (χ2v) is 7.84. The molecule has 0 radical (unpaired) electrons. The fourth-order valence-electron chi connectivity index (χ4n) is 4.06. The fourth-order valence-corrected chi connectivity index (χ4v) is 4.06. The minimum Gasteiger partial charge on any atom is -0.339 e. The third-order valence-corrected chi connectivity index (χ3v) is 5.76. The van der Waals surface area contributed by atoms with E-state index in [-0.39, 0.29) is 23.8 Å². The van der Waals surface area contributed by atoms with E-state index in [1.165, 1.54) is 12.2 Å². The van der Waals surface area contributed by atoms with Gasteiger partial charge in [-0.15, -0.1) is 0 Å². The molecule has 1 N–H and O–H groups in total. The molecule has 0 saturated carbocycles. The summed E-state index contributed by atoms with van der Waals surface area (Å²) in [7, 11) is 0. The zero-order valence-corrected chi connectivity index (χ0v) is 17.0. The van der Waals surface area contributed by atoms with Gasteiger partial charge in [-0.25, -0.2) is 4.79 Å². The molecule has 2 heterocycles. The van der Waals surface area contributed by atoms with E-state index in [1.54, 1.807) is 11.0 Å². The van der Waals surface area contributed by atoms with Crippen LogP contribution in [0.1, 0.15) is 34.3 Å². The molecule has 0 aromatic heterocycles. The number of ketones is 1. The summed E-state index contributed by atoms with van der Waals surface area (Å²) in [4.78, 5) is 40.9. The number of nitrogens with zero attached hydrogens (tertiary/aromatic N) is 2. The maximum atomic E-state index is 12.5. The van der Waals surface area contributed by atoms with Gasteiger partial charge in [0, 0.05) is 43.0 Å². The average Bonchev–Trinajstić information content (AvgIpc) is 2.77. The largest absolute Gasteiger partial charge is 0.339 e. The monoisotopic (exact) mass is 403 g/mol. The lowest BCUT2D eigenvalue weighted by molar-refractivity contribution is -0.127. The average molecular weight is 403 g/mol. The summed E-state index contributed by atoms with van der Waals surface area (Å²) >= 11 is 0. The van der Waals surface area contributed by atoms with E-state index in [0.717, 1.165) is 29.7 Å². The normalized spacial score (nSPS) is 17.0. The minimum atomic E-state index is -0.175. The number of carbonyl (C=O) groups is 3. The number of hydrogen-bond donors (Lipinski definition) is 1. The Morgan fingerprint density at radius 3 is 2.57 bits per heavy atom. The van der Waals surface area contributed by atoms with Gasteiger partial charge in [0.05, 0.1) is 0 Å². The van der Waals surface area contributed by atoms with Crippen LogP contribution in [0.25, 0.3) is 0 Å². The summed E-state index contributed by atoms with van der Waals surface area (Å²) in [6.07, 6.45) is 4.15. The first-order valence-electron chi connectivity index (χ1n) is 10.2. The first-order chi connectivity index (χ1) is 14.5. The quantitative estimate of drug-likeness (QED) is 0.624. The van der Waals surface area contributed by atoms with Crippen LogP contribution in [-0.4, -0.2) is 46.7 Å². The lowest BCUT2D eigenvalue weighted by Gasteiger charge is -2.40. The van der Waals surface area contributed by atoms with Crippen LogP contribution < -0.4 is 5.32 Å². The summed E-state index contributed by atoms with van der Waals surface area (Å²) in [5.74, 6) is -0.339. The summed E-state index contributed by atoms with van der Waals surface area (Å²) in [5.41, 5.74) is 3.56. The van der Waals surface area contributed by atoms with Crippen molar-refractivity contribution in [2.45, 2.75) is 32.4 Å². The van der Waals surface area contributed by atoms with Crippen molar-refractivity contribution in [3.05, 3.63) is 77.4 Å². The number of aryl methyl sites for hydroxylation is 1. The molecule has 0 unspecified atom stereocenters. The van der Waals surface area contributed by atoms with E-state index in [4.69, 9.17) is 0 Å². The van der Waals surface area contributed by atoms with E-state index in [9.17, 15) is 14.4 Å². The van der Waals surface area contributed by atoms with Crippen molar-refractivity contribution in [3.63, 3.8) is 0 Å². The van der Waals surface area contributed by atoms with Gasteiger partial charge in [-0.2, -0.15) is 0 Å². The lowest BCUT2D eigenvalue weighted by atomic mass is 10.0. The van der Waals surface area contributed by atoms with Crippen LogP contribution in [0.3, 0.4) is 0 Å². The molecule has 6 heteroatoms. The molecule has 2 aromatic rings. The molecule has 4 rings (SSSR count). The van der Waals surface area contributed by atoms with Gasteiger partial charge in [0.15, 0.2) is 5.78 Å². The predicted molar refractivity (Wildman–Crippen MR) is 115 cm³/mol. The Morgan fingerprint density at radius 1 is 1.03 bits per heavy atom. The van der Waals surface area contributed by atoms with Crippen molar-refractivity contribution < 1.29 is 14.4 Å². The van der Waals surface area contributed by atoms with Crippen LogP contribution in [0, 0.1) is 6.92 Å². The van der Waals surface area contributed by atoms with E-state index in [1.807, 2.05) is 54.3 Å². The van der Waals surface area contributed by atoms with Gasteiger partial charge in [0.25, 0.3) is 0 Å². The summed E-state index contributed by atoms with van der Waals surface area (Å²) in [5, 5.41) is 2.95. The summed E-state index contributed by atoms with van der Waals surface area (Å²) in [6, 6.07) is 15.2. The molecule has 30 heavy (non-hydrogen) atoms. The third kappa shape index (κ3) is 4.27. The molecule has 154 valence electrons. The Kier molecular flexibility index (Phi) is 5.65. The number of hydrogen-bond acceptors (Lipinski definition) is 3. The first-order valence-corrected chi connectivity index (χ1v) is 10.2. The van der Waals surface area contributed by atoms with Crippen molar-refractivity contribution in [3.8, 4) is 0 Å². The number of urea groups is 1. The Bertz CT molecular complexity index is 1010. The number of anilines is 1. The van der Waals surface area contributed by atoms with Gasteiger partial charge < -0.3 is 15.1 Å². The Labute approximate surface area is 176 Å². The highest BCUT2D eigenvalue weighted by molar-refractivity contribution is 6.07. The second kappa shape index (κ2) is 8.53. The minimum absolute atomic E-state index is 0.0814. The number of rotatable bonds is 4. The highest BCUT2D eigenvalue weighted by Gasteiger charge is 2.32. The van der Waals surface area contributed by atoms with Gasteiger partial charge in [-0.3, -0.25) is 9.59 Å². The van der Waals surface area contributed by atoms with Crippen LogP contribution in [0.2, 0.25) is 0 Å². The van der Waals surface area contributed by atoms with Crippen LogP contribution in [-0.2, 0) is 11.3 Å². The molecule has 1 saturated heterocycles. The van der Waals surface area contributed by atoms with Crippen molar-refractivity contribution in [2.24, 2.45) is 0 Å². The Hall–Kier alpha value is -3.41. The number of allylic oxidation sites excluding steroid dienone is 1. The third-order valence-electron chi connectivity index (χ3n) is 5.76. The summed E-state index contributed by atoms with van der Waals surface area (Å²) in [6.45, 7) is 3.65. The van der Waals surface area contributed by atoms with Crippen molar-refractivity contribution >= 4 is 23.4 Å². The van der Waals surface area contributed by atoms with E-state index in [0.29, 0.717) is 25.2 Å². The van der Waals surface area contributed by atoms with Crippen LogP contribution in [0.5, 0.6) is 0 Å². The van der Waals surface area contributed by atoms with Gasteiger partial charge in [0.1, 0.15) is 0 Å². The van der Waals surface area contributed by atoms with Gasteiger partial charge in [-0.05, 0) is 43.5 Å². The lowest BCUT2D eigenvalue weighted by Crippen LogP contribution is -2.50. The highest BCUT2D eigenvalue weighted by atomic mass is 16.2. The number of benzene rings is 2. The van der Waals surface area contributed by atoms with Crippen LogP contribution >= 0.6 is 0 Å². The molecule has 0 spiro atoms. The Morgan fingerprint density at radius 2 is 1.80 bits per heavy atom. The fraction of sp³-hybridized carbons (Fsp3) is 0.292. The van der Waals surface area contributed by atoms with Gasteiger partial charge in [-0.1, -0.05) is 42.0 Å². The molecule has 6 nitrogen and oxygen atoms in total. The molecule has 2 aliphatic heterocycles. The van der Waals surface area contributed by atoms with Crippen LogP contribution in [0.15, 0.2) is 60.7 Å². The number of nitrogens with one attached hydrogen (secondary N) is 1. The Balaban J connectivity index is 1.32. The van der Waals surface area contributed by atoms with Gasteiger partial charge >= 0.3 is 6.03 Å². The van der Waals surface area contributed by atoms with Crippen molar-refractivity contribution in [1.82, 2.24) is 9.80 Å². The highest BCUT2D eigenvalue weighted by Crippen LogP contribution is 2.27. The molecule has 0 aliphatic carbocycles. The topological polar surface area (TPSA) is 69.7 Å². The number of para-hydroxylation sites is 1. The number of fused-ring (bicyclic) bond motifs is 1. The predicted octanol–water partition coefficient (Wildman–Crippen LogP) is 3.77. The number of piperidine rings is 1. The molecule has 0 bridgehead atoms. The second-order valence-electron chi connectivity index (χ2n) is 7.84. The molecular weight excluding hydrogens is 378 g/mol. The first kappa shape index (κ1) is 19.9. The maximum absolute atomic E-state index is 12.5. The SMILES string of the molecule is Cc1cccc(C(=O)C=CC(=O)N2CCC(N3Cc4ccccc4NC3=O)CC2)c1. The maximum Gasteiger partial charge on any atom is 0.322 e. The molecular formula is C24H25N3O3. The van der Waals surface area contributed by atoms with Crippen molar-refractivity contribution in [1.29, 1.82) is 0 Å². The van der Waals surface area contributed by atoms with Gasteiger partial charge in [0.2, 0.25) is 5.91 Å². The number of likely N-dealkylation sites (tertiary alicyclic amines) is 1. The van der Waals surface area contributed by atoms with E-state index in [2.05, 4.69) is 5.32 Å². The molecule has 2 aromatic carbocycles. The number of carbonyl (C=O) groups excluding carboxylic acids is 3. The molecule has 1 fully saturated rings. The standard InChI is InChI=1S/C24H25N3O3/c1-17-5-4-7-18(15-17)22(28)9-10-23(29)26-13-11-20(12-14-26)27-16-19-6-2-3-8-21(19)25-24(27)30/h2-10,15,20H,11-14,16H2,1H3,(H,25,30). The zero-order chi connectivity index (χ0) is 21.1. The summed E-state index contributed by atoms with van der Waals surface area (Å²) < 4.78 is 0. The smallest absolute Gasteiger partial charge is 0.322 e. The molecule has 2 aliphatic rings. The molecule has 0 atom stereocenters. The van der Waals surface area contributed by atoms with Crippen LogP contribution in [0.4, 0.5) is 10.5 Å².